The highest BCUT2D eigenvalue weighted by molar-refractivity contribution is 7.79. The number of rotatable bonds is 2. The normalized spacial score (nSPS) is 18.7. The molecule has 0 amide bonds. The molecule has 0 aliphatic rings. The van der Waals surface area contributed by atoms with Crippen LogP contribution in [0.2, 0.25) is 0 Å². The van der Waals surface area contributed by atoms with Gasteiger partial charge in [-0.2, -0.15) is 0 Å². The lowest BCUT2D eigenvalue weighted by atomic mass is 10.5. The average Bonchev–Trinajstić information content (AvgIpc) is 1.65. The molecule has 2 atom stereocenters. The van der Waals surface area contributed by atoms with E-state index in [2.05, 4.69) is 0 Å². The third-order valence-corrected chi connectivity index (χ3v) is 1.56. The fourth-order valence-electron chi connectivity index (χ4n) is 0.0823. The topological polar surface area (TPSA) is 63.3 Å². The molecule has 0 rings (SSSR count). The second-order valence-electron chi connectivity index (χ2n) is 1.32. The SMILES string of the molecule is CC(CN)S(=O)O. The van der Waals surface area contributed by atoms with Crippen LogP contribution in [-0.2, 0) is 11.1 Å². The van der Waals surface area contributed by atoms with Crippen LogP contribution >= 0.6 is 0 Å². The van der Waals surface area contributed by atoms with Crippen LogP contribution in [-0.4, -0.2) is 20.6 Å². The minimum absolute atomic E-state index is 0.267. The summed E-state index contributed by atoms with van der Waals surface area (Å²) in [6.07, 6.45) is 0. The van der Waals surface area contributed by atoms with Gasteiger partial charge >= 0.3 is 0 Å². The van der Waals surface area contributed by atoms with Crippen molar-refractivity contribution in [3.8, 4) is 0 Å². The molecule has 0 aliphatic carbocycles. The van der Waals surface area contributed by atoms with E-state index in [0.29, 0.717) is 0 Å². The molecule has 0 aliphatic heterocycles. The van der Waals surface area contributed by atoms with Gasteiger partial charge in [0.25, 0.3) is 0 Å². The standard InChI is InChI=1S/C3H9NO2S/c1-3(2-4)7(5)6/h3H,2,4H2,1H3,(H,5,6). The van der Waals surface area contributed by atoms with Gasteiger partial charge in [-0.1, -0.05) is 0 Å². The number of nitrogens with two attached hydrogens (primary N) is 1. The Hall–Kier alpha value is 0.0700. The smallest absolute Gasteiger partial charge is 0.156 e. The van der Waals surface area contributed by atoms with Gasteiger partial charge < -0.3 is 10.3 Å². The Bertz CT molecular complexity index is 75.3. The molecular formula is C3H9NO2S. The van der Waals surface area contributed by atoms with E-state index in [-0.39, 0.29) is 11.8 Å². The largest absolute Gasteiger partial charge is 0.329 e. The quantitative estimate of drug-likeness (QED) is 0.489. The van der Waals surface area contributed by atoms with E-state index in [9.17, 15) is 4.21 Å². The molecule has 0 saturated carbocycles. The molecule has 7 heavy (non-hydrogen) atoms. The van der Waals surface area contributed by atoms with Crippen LogP contribution in [0.15, 0.2) is 0 Å². The second kappa shape index (κ2) is 3.12. The summed E-state index contributed by atoms with van der Waals surface area (Å²) in [4.78, 5) is 0. The number of hydrogen-bond donors (Lipinski definition) is 2. The first-order chi connectivity index (χ1) is 3.18. The maximum Gasteiger partial charge on any atom is 0.156 e. The molecule has 0 radical (unpaired) electrons. The molecule has 0 saturated heterocycles. The van der Waals surface area contributed by atoms with Crippen molar-refractivity contribution in [2.24, 2.45) is 5.73 Å². The first-order valence-electron chi connectivity index (χ1n) is 1.98. The van der Waals surface area contributed by atoms with Gasteiger partial charge in [-0.05, 0) is 6.92 Å². The van der Waals surface area contributed by atoms with Crippen molar-refractivity contribution in [2.75, 3.05) is 6.54 Å². The molecule has 0 aromatic rings. The van der Waals surface area contributed by atoms with Crippen LogP contribution in [0.25, 0.3) is 0 Å². The predicted octanol–water partition coefficient (Wildman–Crippen LogP) is -0.445. The third kappa shape index (κ3) is 2.73. The van der Waals surface area contributed by atoms with Crippen molar-refractivity contribution in [2.45, 2.75) is 12.2 Å². The van der Waals surface area contributed by atoms with Gasteiger partial charge in [0.05, 0.1) is 5.25 Å². The fraction of sp³-hybridized carbons (Fsp3) is 1.00. The van der Waals surface area contributed by atoms with E-state index in [1.165, 1.54) is 0 Å². The van der Waals surface area contributed by atoms with Crippen LogP contribution in [0.3, 0.4) is 0 Å². The van der Waals surface area contributed by atoms with Crippen molar-refractivity contribution < 1.29 is 8.76 Å². The molecule has 3 N–H and O–H groups in total. The summed E-state index contributed by atoms with van der Waals surface area (Å²) in [5.41, 5.74) is 5.02. The van der Waals surface area contributed by atoms with E-state index in [0.717, 1.165) is 0 Å². The van der Waals surface area contributed by atoms with Crippen LogP contribution in [0.4, 0.5) is 0 Å². The molecule has 0 aromatic heterocycles. The first-order valence-corrected chi connectivity index (χ1v) is 3.15. The molecule has 2 unspecified atom stereocenters. The summed E-state index contributed by atoms with van der Waals surface area (Å²) in [6.45, 7) is 1.89. The zero-order valence-corrected chi connectivity index (χ0v) is 4.94. The zero-order valence-electron chi connectivity index (χ0n) is 4.13. The molecular weight excluding hydrogens is 114 g/mol. The lowest BCUT2D eigenvalue weighted by Gasteiger charge is -1.98. The van der Waals surface area contributed by atoms with Crippen molar-refractivity contribution in [1.82, 2.24) is 0 Å². The lowest BCUT2D eigenvalue weighted by molar-refractivity contribution is 0.552. The Morgan fingerprint density at radius 2 is 2.43 bits per heavy atom. The van der Waals surface area contributed by atoms with Crippen molar-refractivity contribution in [1.29, 1.82) is 0 Å². The Morgan fingerprint density at radius 3 is 2.43 bits per heavy atom. The van der Waals surface area contributed by atoms with E-state index < -0.39 is 11.1 Å². The van der Waals surface area contributed by atoms with Crippen LogP contribution in [0, 0.1) is 0 Å². The fourth-order valence-corrected chi connectivity index (χ4v) is 0.247. The average molecular weight is 123 g/mol. The minimum atomic E-state index is -1.74. The van der Waals surface area contributed by atoms with Crippen molar-refractivity contribution in [3.63, 3.8) is 0 Å². The van der Waals surface area contributed by atoms with E-state index in [4.69, 9.17) is 10.3 Å². The third-order valence-electron chi connectivity index (χ3n) is 0.676. The molecule has 0 fully saturated rings. The summed E-state index contributed by atoms with van der Waals surface area (Å²) in [6, 6.07) is 0. The van der Waals surface area contributed by atoms with Gasteiger partial charge in [-0.15, -0.1) is 0 Å². The monoisotopic (exact) mass is 123 g/mol. The maximum absolute atomic E-state index is 9.96. The Kier molecular flexibility index (Phi) is 3.15. The number of hydrogen-bond acceptors (Lipinski definition) is 2. The van der Waals surface area contributed by atoms with Crippen LogP contribution in [0.5, 0.6) is 0 Å². The van der Waals surface area contributed by atoms with Crippen LogP contribution < -0.4 is 5.73 Å². The Labute approximate surface area is 45.2 Å². The molecule has 4 heteroatoms. The van der Waals surface area contributed by atoms with E-state index in [1.54, 1.807) is 6.92 Å². The highest BCUT2D eigenvalue weighted by Gasteiger charge is 2.02. The Morgan fingerprint density at radius 1 is 2.00 bits per heavy atom. The van der Waals surface area contributed by atoms with E-state index >= 15 is 0 Å². The highest BCUT2D eigenvalue weighted by Crippen LogP contribution is 1.85. The molecule has 44 valence electrons. The summed E-state index contributed by atoms with van der Waals surface area (Å²) in [5, 5.41) is -0.292. The summed E-state index contributed by atoms with van der Waals surface area (Å²) in [5.74, 6) is 0. The first kappa shape index (κ1) is 7.07. The minimum Gasteiger partial charge on any atom is -0.329 e. The lowest BCUT2D eigenvalue weighted by Crippen LogP contribution is -2.20. The van der Waals surface area contributed by atoms with Gasteiger partial charge in [-0.25, -0.2) is 4.21 Å². The molecule has 0 bridgehead atoms. The van der Waals surface area contributed by atoms with Gasteiger partial charge in [0.2, 0.25) is 0 Å². The van der Waals surface area contributed by atoms with Gasteiger partial charge in [0, 0.05) is 6.54 Å². The predicted molar refractivity (Wildman–Crippen MR) is 29.3 cm³/mol. The van der Waals surface area contributed by atoms with Gasteiger partial charge in [0.15, 0.2) is 11.1 Å². The molecule has 0 spiro atoms. The summed E-state index contributed by atoms with van der Waals surface area (Å²) >= 11 is -1.74. The maximum atomic E-state index is 9.96. The van der Waals surface area contributed by atoms with Gasteiger partial charge in [-0.3, -0.25) is 0 Å². The van der Waals surface area contributed by atoms with Crippen molar-refractivity contribution in [3.05, 3.63) is 0 Å². The summed E-state index contributed by atoms with van der Waals surface area (Å²) < 4.78 is 18.2. The van der Waals surface area contributed by atoms with Crippen LogP contribution in [0.1, 0.15) is 6.92 Å². The molecule has 0 heterocycles. The second-order valence-corrected chi connectivity index (χ2v) is 2.68. The summed E-state index contributed by atoms with van der Waals surface area (Å²) in [7, 11) is 0. The van der Waals surface area contributed by atoms with E-state index in [1.807, 2.05) is 0 Å². The molecule has 0 aromatic carbocycles. The molecule has 3 nitrogen and oxygen atoms in total. The van der Waals surface area contributed by atoms with Gasteiger partial charge in [0.1, 0.15) is 0 Å². The Balaban J connectivity index is 3.34. The highest BCUT2D eigenvalue weighted by atomic mass is 32.2. The zero-order chi connectivity index (χ0) is 5.86. The van der Waals surface area contributed by atoms with Crippen molar-refractivity contribution >= 4 is 11.1 Å².